The highest BCUT2D eigenvalue weighted by Crippen LogP contribution is 2.53. The maximum Gasteiger partial charge on any atom is 0.246 e. The number of thiophene rings is 1. The lowest BCUT2D eigenvalue weighted by Crippen LogP contribution is -2.40. The average Bonchev–Trinajstić information content (AvgIpc) is 3.45. The molecule has 8 rings (SSSR count). The molecule has 1 spiro atoms. The van der Waals surface area contributed by atoms with Gasteiger partial charge in [0, 0.05) is 65.5 Å². The van der Waals surface area contributed by atoms with Crippen LogP contribution in [0.15, 0.2) is 60.5 Å². The van der Waals surface area contributed by atoms with Crippen LogP contribution < -0.4 is 4.74 Å². The summed E-state index contributed by atoms with van der Waals surface area (Å²) in [6.45, 7) is 8.87. The predicted molar refractivity (Wildman–Crippen MR) is 187 cm³/mol. The molecule has 1 aliphatic carbocycles. The Morgan fingerprint density at radius 1 is 1.10 bits per heavy atom. The van der Waals surface area contributed by atoms with E-state index in [0.29, 0.717) is 30.0 Å². The third-order valence-electron chi connectivity index (χ3n) is 10.2. The fourth-order valence-electron chi connectivity index (χ4n) is 7.76. The summed E-state index contributed by atoms with van der Waals surface area (Å²) in [4.78, 5) is 22.1. The molecule has 0 radical (unpaired) electrons. The molecule has 3 aliphatic rings. The van der Waals surface area contributed by atoms with Gasteiger partial charge in [0.1, 0.15) is 35.4 Å². The van der Waals surface area contributed by atoms with Crippen LogP contribution >= 0.6 is 11.3 Å². The van der Waals surface area contributed by atoms with Crippen molar-refractivity contribution >= 4 is 27.3 Å². The molecule has 0 unspecified atom stereocenters. The van der Waals surface area contributed by atoms with E-state index in [4.69, 9.17) is 19.6 Å². The Kier molecular flexibility index (Phi) is 7.89. The molecule has 1 amide bonds. The van der Waals surface area contributed by atoms with E-state index in [1.54, 1.807) is 12.0 Å². The number of nitrogens with zero attached hydrogens (tertiary/aromatic N) is 5. The summed E-state index contributed by atoms with van der Waals surface area (Å²) in [5, 5.41) is 7.83. The first kappa shape index (κ1) is 31.8. The van der Waals surface area contributed by atoms with E-state index in [-0.39, 0.29) is 41.9 Å². The maximum absolute atomic E-state index is 16.2. The van der Waals surface area contributed by atoms with Crippen LogP contribution in [0.25, 0.3) is 43.9 Å². The Balaban J connectivity index is 1.36. The van der Waals surface area contributed by atoms with E-state index in [2.05, 4.69) is 36.7 Å². The second-order valence-electron chi connectivity index (χ2n) is 13.4. The minimum atomic E-state index is -0.760. The third-order valence-corrected chi connectivity index (χ3v) is 11.1. The number of amides is 1. The van der Waals surface area contributed by atoms with Gasteiger partial charge in [0.05, 0.1) is 36.1 Å². The number of ether oxygens (including phenoxy) is 2. The van der Waals surface area contributed by atoms with Crippen molar-refractivity contribution in [3.05, 3.63) is 89.0 Å². The van der Waals surface area contributed by atoms with Gasteiger partial charge in [0.15, 0.2) is 0 Å². The topological polar surface area (TPSA) is 72.7 Å². The molecule has 49 heavy (non-hydrogen) atoms. The summed E-state index contributed by atoms with van der Waals surface area (Å²) in [7, 11) is 3.72. The van der Waals surface area contributed by atoms with Crippen LogP contribution in [0.4, 0.5) is 8.78 Å². The number of carbonyl (C=O) groups excluding carboxylic acids is 1. The molecule has 1 fully saturated rings. The molecule has 2 aliphatic heterocycles. The largest absolute Gasteiger partial charge is 0.490 e. The molecule has 1 atom stereocenters. The van der Waals surface area contributed by atoms with E-state index in [1.807, 2.05) is 29.1 Å². The predicted octanol–water partition coefficient (Wildman–Crippen LogP) is 7.36. The van der Waals surface area contributed by atoms with Gasteiger partial charge in [-0.1, -0.05) is 18.7 Å². The van der Waals surface area contributed by atoms with Crippen molar-refractivity contribution in [2.75, 3.05) is 40.5 Å². The molecule has 1 saturated carbocycles. The van der Waals surface area contributed by atoms with Crippen molar-refractivity contribution in [2.45, 2.75) is 44.3 Å². The van der Waals surface area contributed by atoms with Crippen LogP contribution in [-0.2, 0) is 28.0 Å². The first-order valence-corrected chi connectivity index (χ1v) is 17.4. The van der Waals surface area contributed by atoms with Gasteiger partial charge >= 0.3 is 0 Å². The number of fused-ring (bicyclic) bond motifs is 4. The summed E-state index contributed by atoms with van der Waals surface area (Å²) in [6.07, 6.45) is 3.73. The molecule has 2 aromatic carbocycles. The van der Waals surface area contributed by atoms with Crippen LogP contribution in [0.1, 0.15) is 42.6 Å². The van der Waals surface area contributed by atoms with Gasteiger partial charge in [-0.2, -0.15) is 5.10 Å². The van der Waals surface area contributed by atoms with Crippen molar-refractivity contribution in [1.82, 2.24) is 24.6 Å². The standard InChI is InChI=1S/C38H37F2N5O3S/c1-5-32(46)44-11-12-45-30(22(44)2)19-29(42-45)36-34(33-28(40)17-25(39)18-31(33)48-14-13-47-4)37-26(8-15-49-37)35(41-36)23-6-7-27-24(16-23)20-43(3)21-38(27)9-10-38/h5-8,15-19,22H,1,9-14,20-21H2,2-4H3/t22-/m1/s1. The summed E-state index contributed by atoms with van der Waals surface area (Å²) in [5.74, 6) is -1.59. The lowest BCUT2D eigenvalue weighted by atomic mass is 9.85. The number of carbonyl (C=O) groups is 1. The zero-order valence-electron chi connectivity index (χ0n) is 27.8. The first-order chi connectivity index (χ1) is 23.7. The lowest BCUT2D eigenvalue weighted by Gasteiger charge is -2.33. The number of aromatic nitrogens is 3. The molecule has 3 aromatic heterocycles. The van der Waals surface area contributed by atoms with Crippen LogP contribution in [0.2, 0.25) is 0 Å². The smallest absolute Gasteiger partial charge is 0.246 e. The minimum Gasteiger partial charge on any atom is -0.490 e. The monoisotopic (exact) mass is 681 g/mol. The van der Waals surface area contributed by atoms with Crippen LogP contribution in [0.3, 0.4) is 0 Å². The SMILES string of the molecule is C=CC(=O)N1CCn2nc(-c3nc(-c4ccc5c(c4)CN(C)CC54CC4)c4ccsc4c3-c3c(F)cc(F)cc3OCCOC)cc2[C@H]1C. The van der Waals surface area contributed by atoms with Crippen molar-refractivity contribution < 1.29 is 23.0 Å². The number of hydrogen-bond donors (Lipinski definition) is 0. The molecule has 8 nitrogen and oxygen atoms in total. The Morgan fingerprint density at radius 2 is 1.94 bits per heavy atom. The van der Waals surface area contributed by atoms with Gasteiger partial charge in [-0.25, -0.2) is 13.8 Å². The molecule has 0 bridgehead atoms. The molecule has 5 aromatic rings. The van der Waals surface area contributed by atoms with Crippen LogP contribution in [0.5, 0.6) is 5.75 Å². The fraction of sp³-hybridized carbons (Fsp3) is 0.342. The quantitative estimate of drug-likeness (QED) is 0.126. The van der Waals surface area contributed by atoms with Crippen molar-refractivity contribution in [2.24, 2.45) is 0 Å². The van der Waals surface area contributed by atoms with E-state index in [1.165, 1.54) is 47.4 Å². The van der Waals surface area contributed by atoms with Crippen LogP contribution in [-0.4, -0.2) is 70.9 Å². The summed E-state index contributed by atoms with van der Waals surface area (Å²) in [5.41, 5.74) is 7.12. The Bertz CT molecular complexity index is 2140. The highest BCUT2D eigenvalue weighted by Gasteiger charge is 2.48. The molecular formula is C38H37F2N5O3S. The van der Waals surface area contributed by atoms with Gasteiger partial charge in [-0.05, 0) is 67.6 Å². The van der Waals surface area contributed by atoms with E-state index >= 15 is 4.39 Å². The number of pyridine rings is 1. The van der Waals surface area contributed by atoms with Gasteiger partial charge < -0.3 is 19.3 Å². The summed E-state index contributed by atoms with van der Waals surface area (Å²) >= 11 is 1.47. The Labute approximate surface area is 287 Å². The molecule has 252 valence electrons. The van der Waals surface area contributed by atoms with Gasteiger partial charge in [0.25, 0.3) is 0 Å². The number of benzene rings is 2. The van der Waals surface area contributed by atoms with E-state index in [0.717, 1.165) is 46.2 Å². The highest BCUT2D eigenvalue weighted by molar-refractivity contribution is 7.18. The van der Waals surface area contributed by atoms with E-state index in [9.17, 15) is 9.18 Å². The number of rotatable bonds is 8. The van der Waals surface area contributed by atoms with Crippen molar-refractivity contribution in [3.8, 4) is 39.5 Å². The lowest BCUT2D eigenvalue weighted by molar-refractivity contribution is -0.129. The second-order valence-corrected chi connectivity index (χ2v) is 14.3. The normalized spacial score (nSPS) is 18.1. The molecule has 0 N–H and O–H groups in total. The second kappa shape index (κ2) is 12.2. The zero-order valence-corrected chi connectivity index (χ0v) is 28.6. The third kappa shape index (κ3) is 5.35. The van der Waals surface area contributed by atoms with Crippen molar-refractivity contribution in [1.29, 1.82) is 0 Å². The molecule has 5 heterocycles. The van der Waals surface area contributed by atoms with E-state index < -0.39 is 11.6 Å². The fourth-order valence-corrected chi connectivity index (χ4v) is 8.70. The molecule has 11 heteroatoms. The first-order valence-electron chi connectivity index (χ1n) is 16.6. The molecular weight excluding hydrogens is 645 g/mol. The Hall–Kier alpha value is -4.45. The number of halogens is 2. The van der Waals surface area contributed by atoms with Crippen LogP contribution in [0, 0.1) is 11.6 Å². The zero-order chi connectivity index (χ0) is 34.0. The summed E-state index contributed by atoms with van der Waals surface area (Å²) < 4.78 is 44.7. The number of likely N-dealkylation sites (N-methyl/N-ethyl adjacent to an activating group) is 1. The number of methoxy groups -OCH3 is 1. The number of hydrogen-bond acceptors (Lipinski definition) is 7. The van der Waals surface area contributed by atoms with Gasteiger partial charge in [-0.15, -0.1) is 11.3 Å². The summed E-state index contributed by atoms with van der Waals surface area (Å²) in [6, 6.07) is 12.4. The maximum atomic E-state index is 16.2. The minimum absolute atomic E-state index is 0.0618. The Morgan fingerprint density at radius 3 is 2.71 bits per heavy atom. The van der Waals surface area contributed by atoms with Gasteiger partial charge in [0.2, 0.25) is 5.91 Å². The average molecular weight is 682 g/mol. The van der Waals surface area contributed by atoms with Gasteiger partial charge in [-0.3, -0.25) is 9.48 Å². The van der Waals surface area contributed by atoms with Crippen molar-refractivity contribution in [3.63, 3.8) is 0 Å². The highest BCUT2D eigenvalue weighted by atomic mass is 32.1. The molecule has 0 saturated heterocycles.